The van der Waals surface area contributed by atoms with E-state index in [1.54, 1.807) is 0 Å². The number of carbonyl (C=O) groups excluding carboxylic acids is 1. The van der Waals surface area contributed by atoms with Crippen LogP contribution >= 0.6 is 11.3 Å². The molecule has 6 heteroatoms. The van der Waals surface area contributed by atoms with E-state index in [-0.39, 0.29) is 18.0 Å². The van der Waals surface area contributed by atoms with Crippen molar-refractivity contribution in [2.45, 2.75) is 39.3 Å². The van der Waals surface area contributed by atoms with Crippen molar-refractivity contribution in [1.29, 1.82) is 0 Å². The third kappa shape index (κ3) is 5.32. The number of hydrogen-bond donors (Lipinski definition) is 3. The van der Waals surface area contributed by atoms with E-state index < -0.39 is 6.10 Å². The predicted molar refractivity (Wildman–Crippen MR) is 98.0 cm³/mol. The number of aliphatic hydroxyl groups excluding tert-OH is 1. The van der Waals surface area contributed by atoms with E-state index in [1.807, 2.05) is 56.5 Å². The minimum Gasteiger partial charge on any atom is -0.393 e. The van der Waals surface area contributed by atoms with Crippen LogP contribution in [0.3, 0.4) is 0 Å². The van der Waals surface area contributed by atoms with Crippen molar-refractivity contribution in [1.82, 2.24) is 15.6 Å². The van der Waals surface area contributed by atoms with Crippen LogP contribution in [-0.4, -0.2) is 28.8 Å². The second kappa shape index (κ2) is 8.80. The number of aliphatic hydroxyl groups is 1. The van der Waals surface area contributed by atoms with E-state index in [2.05, 4.69) is 15.6 Å². The lowest BCUT2D eigenvalue weighted by Gasteiger charge is -2.16. The maximum absolute atomic E-state index is 11.9. The van der Waals surface area contributed by atoms with Gasteiger partial charge in [-0.2, -0.15) is 0 Å². The molecular weight excluding hydrogens is 322 g/mol. The maximum atomic E-state index is 11.9. The molecule has 0 spiro atoms. The summed E-state index contributed by atoms with van der Waals surface area (Å²) >= 11 is 1.53. The van der Waals surface area contributed by atoms with Gasteiger partial charge in [0.15, 0.2) is 0 Å². The lowest BCUT2D eigenvalue weighted by atomic mass is 10.0. The average Bonchev–Trinajstić information content (AvgIpc) is 3.05. The van der Waals surface area contributed by atoms with Crippen LogP contribution in [0.5, 0.6) is 0 Å². The molecule has 2 unspecified atom stereocenters. The maximum Gasteiger partial charge on any atom is 0.315 e. The number of nitrogens with one attached hydrogen (secondary N) is 2. The highest BCUT2D eigenvalue weighted by Crippen LogP contribution is 2.25. The molecule has 1 aromatic heterocycles. The molecule has 0 saturated carbocycles. The van der Waals surface area contributed by atoms with Gasteiger partial charge in [-0.15, -0.1) is 11.3 Å². The third-order valence-electron chi connectivity index (χ3n) is 3.80. The smallest absolute Gasteiger partial charge is 0.315 e. The standard InChI is InChI=1S/C18H25N3O2S/c1-12(2)16(22)9-10-19-18(23)20-13(3)17-21-15(11-24-17)14-7-5-4-6-8-14/h4-8,11-13,16,22H,9-10H2,1-3H3,(H2,19,20,23). The van der Waals surface area contributed by atoms with Crippen molar-refractivity contribution in [3.05, 3.63) is 40.7 Å². The van der Waals surface area contributed by atoms with Crippen LogP contribution in [0.25, 0.3) is 11.3 Å². The van der Waals surface area contributed by atoms with E-state index in [4.69, 9.17) is 0 Å². The van der Waals surface area contributed by atoms with Gasteiger partial charge in [0.05, 0.1) is 17.8 Å². The fourth-order valence-electron chi connectivity index (χ4n) is 2.20. The van der Waals surface area contributed by atoms with E-state index >= 15 is 0 Å². The highest BCUT2D eigenvalue weighted by molar-refractivity contribution is 7.10. The molecule has 24 heavy (non-hydrogen) atoms. The van der Waals surface area contributed by atoms with Crippen molar-refractivity contribution < 1.29 is 9.90 Å². The van der Waals surface area contributed by atoms with Gasteiger partial charge in [0.1, 0.15) is 5.01 Å². The molecule has 0 radical (unpaired) electrons. The van der Waals surface area contributed by atoms with Crippen molar-refractivity contribution in [3.63, 3.8) is 0 Å². The van der Waals surface area contributed by atoms with Gasteiger partial charge < -0.3 is 15.7 Å². The molecule has 0 bridgehead atoms. The zero-order valence-corrected chi connectivity index (χ0v) is 15.1. The molecule has 2 amide bonds. The van der Waals surface area contributed by atoms with Crippen molar-refractivity contribution in [3.8, 4) is 11.3 Å². The Labute approximate surface area is 147 Å². The first-order chi connectivity index (χ1) is 11.5. The number of benzene rings is 1. The van der Waals surface area contributed by atoms with Gasteiger partial charge in [-0.25, -0.2) is 9.78 Å². The normalized spacial score (nSPS) is 13.5. The molecule has 5 nitrogen and oxygen atoms in total. The summed E-state index contributed by atoms with van der Waals surface area (Å²) in [4.78, 5) is 16.5. The zero-order chi connectivity index (χ0) is 17.5. The van der Waals surface area contributed by atoms with Crippen LogP contribution in [-0.2, 0) is 0 Å². The Morgan fingerprint density at radius 2 is 1.96 bits per heavy atom. The molecule has 2 atom stereocenters. The first kappa shape index (κ1) is 18.4. The molecule has 1 aromatic carbocycles. The topological polar surface area (TPSA) is 74.2 Å². The SMILES string of the molecule is CC(NC(=O)NCCC(O)C(C)C)c1nc(-c2ccccc2)cs1. The number of thiazole rings is 1. The summed E-state index contributed by atoms with van der Waals surface area (Å²) in [5, 5.41) is 18.3. The summed E-state index contributed by atoms with van der Waals surface area (Å²) in [7, 11) is 0. The number of aromatic nitrogens is 1. The van der Waals surface area contributed by atoms with Gasteiger partial charge in [0.25, 0.3) is 0 Å². The molecule has 2 aromatic rings. The molecule has 0 aliphatic carbocycles. The lowest BCUT2D eigenvalue weighted by Crippen LogP contribution is -2.38. The highest BCUT2D eigenvalue weighted by atomic mass is 32.1. The van der Waals surface area contributed by atoms with E-state index in [0.717, 1.165) is 16.3 Å². The summed E-state index contributed by atoms with van der Waals surface area (Å²) in [5.41, 5.74) is 1.99. The minimum atomic E-state index is -0.393. The fourth-order valence-corrected chi connectivity index (χ4v) is 3.04. The predicted octanol–water partition coefficient (Wildman–Crippen LogP) is 3.58. The Kier molecular flexibility index (Phi) is 6.75. The zero-order valence-electron chi connectivity index (χ0n) is 14.3. The van der Waals surface area contributed by atoms with E-state index in [1.165, 1.54) is 11.3 Å². The van der Waals surface area contributed by atoms with Gasteiger partial charge in [-0.05, 0) is 19.3 Å². The molecular formula is C18H25N3O2S. The monoisotopic (exact) mass is 347 g/mol. The van der Waals surface area contributed by atoms with Crippen LogP contribution in [0.2, 0.25) is 0 Å². The Hall–Kier alpha value is -1.92. The minimum absolute atomic E-state index is 0.164. The molecule has 0 fully saturated rings. The first-order valence-corrected chi connectivity index (χ1v) is 9.08. The molecule has 0 aliphatic rings. The quantitative estimate of drug-likeness (QED) is 0.717. The van der Waals surface area contributed by atoms with E-state index in [0.29, 0.717) is 13.0 Å². The van der Waals surface area contributed by atoms with Gasteiger partial charge in [0, 0.05) is 17.5 Å². The fraction of sp³-hybridized carbons (Fsp3) is 0.444. The summed E-state index contributed by atoms with van der Waals surface area (Å²) in [6, 6.07) is 9.57. The Morgan fingerprint density at radius 3 is 2.62 bits per heavy atom. The molecule has 2 rings (SSSR count). The van der Waals surface area contributed by atoms with Gasteiger partial charge in [-0.1, -0.05) is 44.2 Å². The van der Waals surface area contributed by atoms with Gasteiger partial charge >= 0.3 is 6.03 Å². The summed E-state index contributed by atoms with van der Waals surface area (Å²) < 4.78 is 0. The summed E-state index contributed by atoms with van der Waals surface area (Å²) in [5.74, 6) is 0.195. The average molecular weight is 347 g/mol. The summed E-state index contributed by atoms with van der Waals surface area (Å²) in [6.45, 7) is 6.28. The first-order valence-electron chi connectivity index (χ1n) is 8.20. The molecule has 1 heterocycles. The largest absolute Gasteiger partial charge is 0.393 e. The Balaban J connectivity index is 1.83. The molecule has 130 valence electrons. The third-order valence-corrected chi connectivity index (χ3v) is 4.83. The second-order valence-electron chi connectivity index (χ2n) is 6.16. The number of hydrogen-bond acceptors (Lipinski definition) is 4. The number of carbonyl (C=O) groups is 1. The highest BCUT2D eigenvalue weighted by Gasteiger charge is 2.14. The van der Waals surface area contributed by atoms with Crippen LogP contribution < -0.4 is 10.6 Å². The van der Waals surface area contributed by atoms with Crippen LogP contribution in [0.4, 0.5) is 4.79 Å². The summed E-state index contributed by atoms with van der Waals surface area (Å²) in [6.07, 6.45) is 0.157. The number of rotatable bonds is 7. The van der Waals surface area contributed by atoms with Gasteiger partial charge in [0.2, 0.25) is 0 Å². The number of urea groups is 1. The van der Waals surface area contributed by atoms with Crippen LogP contribution in [0.1, 0.15) is 38.2 Å². The molecule has 0 saturated heterocycles. The van der Waals surface area contributed by atoms with E-state index in [9.17, 15) is 9.90 Å². The Morgan fingerprint density at radius 1 is 1.25 bits per heavy atom. The number of nitrogens with zero attached hydrogens (tertiary/aromatic N) is 1. The molecule has 0 aliphatic heterocycles. The van der Waals surface area contributed by atoms with Gasteiger partial charge in [-0.3, -0.25) is 0 Å². The van der Waals surface area contributed by atoms with Crippen molar-refractivity contribution in [2.24, 2.45) is 5.92 Å². The second-order valence-corrected chi connectivity index (χ2v) is 7.05. The molecule has 3 N–H and O–H groups in total. The van der Waals surface area contributed by atoms with Crippen LogP contribution in [0, 0.1) is 5.92 Å². The number of amides is 2. The Bertz CT molecular complexity index is 643. The lowest BCUT2D eigenvalue weighted by molar-refractivity contribution is 0.116. The van der Waals surface area contributed by atoms with Crippen molar-refractivity contribution >= 4 is 17.4 Å². The van der Waals surface area contributed by atoms with Crippen molar-refractivity contribution in [2.75, 3.05) is 6.54 Å². The van der Waals surface area contributed by atoms with Crippen LogP contribution in [0.15, 0.2) is 35.7 Å².